The van der Waals surface area contributed by atoms with E-state index in [9.17, 15) is 4.79 Å². The maximum absolute atomic E-state index is 11.7. The minimum atomic E-state index is 0. The first-order chi connectivity index (χ1) is 8.24. The largest absolute Gasteiger partial charge is 0.381 e. The molecule has 0 aliphatic carbocycles. The molecule has 1 saturated heterocycles. The summed E-state index contributed by atoms with van der Waals surface area (Å²) in [4.78, 5) is 13.4. The predicted octanol–water partition coefficient (Wildman–Crippen LogP) is 0.672. The van der Waals surface area contributed by atoms with Crippen molar-refractivity contribution in [3.8, 4) is 0 Å². The minimum Gasteiger partial charge on any atom is -0.381 e. The van der Waals surface area contributed by atoms with Gasteiger partial charge in [-0.05, 0) is 19.9 Å². The van der Waals surface area contributed by atoms with Crippen LogP contribution in [-0.2, 0) is 14.3 Å². The van der Waals surface area contributed by atoms with Gasteiger partial charge < -0.3 is 19.7 Å². The lowest BCUT2D eigenvalue weighted by atomic mass is 10.1. The highest BCUT2D eigenvalue weighted by Gasteiger charge is 2.15. The Morgan fingerprint density at radius 2 is 2.11 bits per heavy atom. The average Bonchev–Trinajstić information content (AvgIpc) is 2.37. The monoisotopic (exact) mass is 280 g/mol. The smallest absolute Gasteiger partial charge is 0.224 e. The van der Waals surface area contributed by atoms with Gasteiger partial charge in [-0.15, -0.1) is 12.4 Å². The topological polar surface area (TPSA) is 50.8 Å². The summed E-state index contributed by atoms with van der Waals surface area (Å²) >= 11 is 0. The zero-order valence-corrected chi connectivity index (χ0v) is 12.1. The Balaban J connectivity index is 0.00000289. The summed E-state index contributed by atoms with van der Waals surface area (Å²) in [5.41, 5.74) is 0. The van der Waals surface area contributed by atoms with E-state index in [1.807, 2.05) is 14.1 Å². The quantitative estimate of drug-likeness (QED) is 0.745. The van der Waals surface area contributed by atoms with E-state index in [1.54, 1.807) is 4.90 Å². The molecule has 108 valence electrons. The van der Waals surface area contributed by atoms with Gasteiger partial charge in [-0.3, -0.25) is 4.79 Å². The van der Waals surface area contributed by atoms with E-state index in [1.165, 1.54) is 0 Å². The standard InChI is InChI=1S/C12H24N2O3.ClH/c1-13-6-7-14(2)12(15)5-10-17-11-3-8-16-9-4-11;/h11,13H,3-10H2,1-2H3;1H. The third-order valence-corrected chi connectivity index (χ3v) is 2.96. The second-order valence-electron chi connectivity index (χ2n) is 4.35. The van der Waals surface area contributed by atoms with Crippen LogP contribution in [0.3, 0.4) is 0 Å². The zero-order valence-electron chi connectivity index (χ0n) is 11.3. The molecule has 6 heteroatoms. The summed E-state index contributed by atoms with van der Waals surface area (Å²) in [6.07, 6.45) is 2.64. The molecule has 1 N–H and O–H groups in total. The van der Waals surface area contributed by atoms with Gasteiger partial charge in [0.15, 0.2) is 0 Å². The van der Waals surface area contributed by atoms with Crippen molar-refractivity contribution in [1.82, 2.24) is 10.2 Å². The first-order valence-corrected chi connectivity index (χ1v) is 6.32. The normalized spacial score (nSPS) is 16.1. The Morgan fingerprint density at radius 1 is 1.44 bits per heavy atom. The molecule has 0 aromatic carbocycles. The van der Waals surface area contributed by atoms with Crippen molar-refractivity contribution in [2.75, 3.05) is 47.0 Å². The number of rotatable bonds is 7. The maximum atomic E-state index is 11.7. The molecule has 1 aliphatic rings. The van der Waals surface area contributed by atoms with E-state index < -0.39 is 0 Å². The number of likely N-dealkylation sites (N-methyl/N-ethyl adjacent to an activating group) is 2. The molecule has 18 heavy (non-hydrogen) atoms. The first kappa shape index (κ1) is 17.6. The lowest BCUT2D eigenvalue weighted by Gasteiger charge is -2.23. The second-order valence-corrected chi connectivity index (χ2v) is 4.35. The number of hydrogen-bond acceptors (Lipinski definition) is 4. The summed E-state index contributed by atoms with van der Waals surface area (Å²) < 4.78 is 10.9. The van der Waals surface area contributed by atoms with E-state index in [-0.39, 0.29) is 24.4 Å². The highest BCUT2D eigenvalue weighted by Crippen LogP contribution is 2.10. The number of carbonyl (C=O) groups excluding carboxylic acids is 1. The number of amides is 1. The van der Waals surface area contributed by atoms with Crippen LogP contribution in [-0.4, -0.2) is 63.9 Å². The Bertz CT molecular complexity index is 223. The van der Waals surface area contributed by atoms with E-state index >= 15 is 0 Å². The molecule has 0 saturated carbocycles. The Labute approximate surface area is 116 Å². The van der Waals surface area contributed by atoms with Gasteiger partial charge in [0.1, 0.15) is 0 Å². The van der Waals surface area contributed by atoms with Crippen LogP contribution in [0.4, 0.5) is 0 Å². The van der Waals surface area contributed by atoms with Gasteiger partial charge in [0.05, 0.1) is 19.1 Å². The van der Waals surface area contributed by atoms with Crippen molar-refractivity contribution in [1.29, 1.82) is 0 Å². The van der Waals surface area contributed by atoms with Gasteiger partial charge in [-0.25, -0.2) is 0 Å². The van der Waals surface area contributed by atoms with Crippen molar-refractivity contribution in [2.24, 2.45) is 0 Å². The van der Waals surface area contributed by atoms with Crippen molar-refractivity contribution in [2.45, 2.75) is 25.4 Å². The fraction of sp³-hybridized carbons (Fsp3) is 0.917. The molecule has 0 aromatic rings. The third kappa shape index (κ3) is 7.16. The van der Waals surface area contributed by atoms with Crippen molar-refractivity contribution in [3.63, 3.8) is 0 Å². The van der Waals surface area contributed by atoms with Crippen LogP contribution in [0, 0.1) is 0 Å². The second kappa shape index (κ2) is 10.6. The molecule has 1 heterocycles. The van der Waals surface area contributed by atoms with Crippen LogP contribution >= 0.6 is 12.4 Å². The molecule has 0 unspecified atom stereocenters. The SMILES string of the molecule is CNCCN(C)C(=O)CCOC1CCOCC1.Cl. The molecule has 0 aromatic heterocycles. The lowest BCUT2D eigenvalue weighted by Crippen LogP contribution is -2.33. The van der Waals surface area contributed by atoms with Gasteiger partial charge in [0, 0.05) is 33.4 Å². The molecule has 5 nitrogen and oxygen atoms in total. The average molecular weight is 281 g/mol. The Morgan fingerprint density at radius 3 is 2.72 bits per heavy atom. The fourth-order valence-corrected chi connectivity index (χ4v) is 1.75. The first-order valence-electron chi connectivity index (χ1n) is 6.32. The van der Waals surface area contributed by atoms with Gasteiger partial charge in [-0.2, -0.15) is 0 Å². The summed E-state index contributed by atoms with van der Waals surface area (Å²) in [5, 5.41) is 3.02. The molecule has 1 aliphatic heterocycles. The molecule has 1 fully saturated rings. The van der Waals surface area contributed by atoms with Crippen LogP contribution in [0.1, 0.15) is 19.3 Å². The van der Waals surface area contributed by atoms with Crippen molar-refractivity contribution in [3.05, 3.63) is 0 Å². The zero-order chi connectivity index (χ0) is 12.5. The van der Waals surface area contributed by atoms with Gasteiger partial charge in [-0.1, -0.05) is 0 Å². The Kier molecular flexibility index (Phi) is 10.3. The molecule has 0 bridgehead atoms. The molecule has 1 rings (SSSR count). The van der Waals surface area contributed by atoms with Crippen molar-refractivity contribution >= 4 is 18.3 Å². The number of hydrogen-bond donors (Lipinski definition) is 1. The van der Waals surface area contributed by atoms with Crippen LogP contribution in [0.25, 0.3) is 0 Å². The Hall–Kier alpha value is -0.360. The molecule has 1 amide bonds. The lowest BCUT2D eigenvalue weighted by molar-refractivity contribution is -0.131. The van der Waals surface area contributed by atoms with Gasteiger partial charge in [0.25, 0.3) is 0 Å². The number of nitrogens with zero attached hydrogens (tertiary/aromatic N) is 1. The molecule has 0 atom stereocenters. The minimum absolute atomic E-state index is 0. The predicted molar refractivity (Wildman–Crippen MR) is 73.2 cm³/mol. The molecule has 0 radical (unpaired) electrons. The molecular formula is C12H25ClN2O3. The van der Waals surface area contributed by atoms with Gasteiger partial charge >= 0.3 is 0 Å². The van der Waals surface area contributed by atoms with Crippen LogP contribution < -0.4 is 5.32 Å². The highest BCUT2D eigenvalue weighted by atomic mass is 35.5. The van der Waals surface area contributed by atoms with Crippen LogP contribution in [0.2, 0.25) is 0 Å². The van der Waals surface area contributed by atoms with E-state index in [0.717, 1.165) is 39.1 Å². The van der Waals surface area contributed by atoms with E-state index in [4.69, 9.17) is 9.47 Å². The van der Waals surface area contributed by atoms with Crippen LogP contribution in [0.5, 0.6) is 0 Å². The van der Waals surface area contributed by atoms with E-state index in [0.29, 0.717) is 13.0 Å². The maximum Gasteiger partial charge on any atom is 0.224 e. The summed E-state index contributed by atoms with van der Waals surface area (Å²) in [6, 6.07) is 0. The number of nitrogens with one attached hydrogen (secondary N) is 1. The summed E-state index contributed by atoms with van der Waals surface area (Å²) in [5.74, 6) is 0.146. The summed E-state index contributed by atoms with van der Waals surface area (Å²) in [7, 11) is 3.71. The number of ether oxygens (including phenoxy) is 2. The van der Waals surface area contributed by atoms with E-state index in [2.05, 4.69) is 5.32 Å². The summed E-state index contributed by atoms with van der Waals surface area (Å²) in [6.45, 7) is 3.64. The fourth-order valence-electron chi connectivity index (χ4n) is 1.75. The van der Waals surface area contributed by atoms with Crippen molar-refractivity contribution < 1.29 is 14.3 Å². The van der Waals surface area contributed by atoms with Gasteiger partial charge in [0.2, 0.25) is 5.91 Å². The van der Waals surface area contributed by atoms with Crippen LogP contribution in [0.15, 0.2) is 0 Å². The third-order valence-electron chi connectivity index (χ3n) is 2.96. The number of carbonyl (C=O) groups is 1. The molecule has 0 spiro atoms. The highest BCUT2D eigenvalue weighted by molar-refractivity contribution is 5.85. The number of halogens is 1. The molecular weight excluding hydrogens is 256 g/mol.